The van der Waals surface area contributed by atoms with E-state index in [1.54, 1.807) is 24.3 Å². The van der Waals surface area contributed by atoms with Gasteiger partial charge in [-0.05, 0) is 17.2 Å². The van der Waals surface area contributed by atoms with Crippen LogP contribution in [0.25, 0.3) is 0 Å². The Bertz CT molecular complexity index is 789. The molecular formula is C18H16N2O4. The molecule has 0 radical (unpaired) electrons. The average Bonchev–Trinajstić information content (AvgIpc) is 2.86. The highest BCUT2D eigenvalue weighted by Gasteiger charge is 2.40. The Labute approximate surface area is 138 Å². The number of carbonyl (C=O) groups excluding carboxylic acids is 2. The van der Waals surface area contributed by atoms with E-state index in [-0.39, 0.29) is 12.5 Å². The van der Waals surface area contributed by atoms with E-state index in [0.717, 1.165) is 5.56 Å². The van der Waals surface area contributed by atoms with Crippen molar-refractivity contribution in [3.05, 3.63) is 71.3 Å². The first-order valence-electron chi connectivity index (χ1n) is 7.51. The van der Waals surface area contributed by atoms with Crippen LogP contribution < -0.4 is 5.32 Å². The van der Waals surface area contributed by atoms with Crippen molar-refractivity contribution < 1.29 is 19.5 Å². The second-order valence-corrected chi connectivity index (χ2v) is 5.52. The monoisotopic (exact) mass is 324 g/mol. The van der Waals surface area contributed by atoms with Gasteiger partial charge in [-0.1, -0.05) is 48.5 Å². The zero-order chi connectivity index (χ0) is 17.1. The summed E-state index contributed by atoms with van der Waals surface area (Å²) >= 11 is 0. The third-order valence-corrected chi connectivity index (χ3v) is 3.92. The number of amides is 2. The Kier molecular flexibility index (Phi) is 4.29. The fraction of sp³-hybridized carbons (Fsp3) is 0.167. The fourth-order valence-corrected chi connectivity index (χ4v) is 2.86. The van der Waals surface area contributed by atoms with E-state index in [9.17, 15) is 14.4 Å². The molecule has 6 nitrogen and oxygen atoms in total. The van der Waals surface area contributed by atoms with Crippen molar-refractivity contribution in [2.24, 2.45) is 0 Å². The van der Waals surface area contributed by atoms with Crippen molar-refractivity contribution in [1.29, 1.82) is 0 Å². The van der Waals surface area contributed by atoms with E-state index in [1.165, 1.54) is 4.90 Å². The zero-order valence-corrected chi connectivity index (χ0v) is 12.8. The van der Waals surface area contributed by atoms with Gasteiger partial charge in [0.2, 0.25) is 5.91 Å². The molecule has 6 heteroatoms. The summed E-state index contributed by atoms with van der Waals surface area (Å²) in [7, 11) is 0. The van der Waals surface area contributed by atoms with Gasteiger partial charge in [0.1, 0.15) is 12.6 Å². The SMILES string of the molecule is O=C(O)CNC(=O)C1c2ccccc2C(=O)N1Cc1ccccc1. The standard InChI is InChI=1S/C18H16N2O4/c21-15(22)10-19-17(23)16-13-8-4-5-9-14(13)18(24)20(16)11-12-6-2-1-3-7-12/h1-9,16H,10-11H2,(H,19,23)(H,21,22). The van der Waals surface area contributed by atoms with Crippen LogP contribution in [-0.4, -0.2) is 34.3 Å². The van der Waals surface area contributed by atoms with Crippen LogP contribution in [0.3, 0.4) is 0 Å². The van der Waals surface area contributed by atoms with Crippen LogP contribution in [0, 0.1) is 0 Å². The number of fused-ring (bicyclic) bond motifs is 1. The Hall–Kier alpha value is -3.15. The van der Waals surface area contributed by atoms with Gasteiger partial charge in [-0.2, -0.15) is 0 Å². The van der Waals surface area contributed by atoms with Gasteiger partial charge >= 0.3 is 5.97 Å². The molecule has 122 valence electrons. The molecule has 1 unspecified atom stereocenters. The van der Waals surface area contributed by atoms with Crippen LogP contribution in [-0.2, 0) is 16.1 Å². The molecule has 1 heterocycles. The highest BCUT2D eigenvalue weighted by Crippen LogP contribution is 2.34. The number of carbonyl (C=O) groups is 3. The van der Waals surface area contributed by atoms with Gasteiger partial charge in [-0.25, -0.2) is 0 Å². The lowest BCUT2D eigenvalue weighted by Crippen LogP contribution is -2.40. The topological polar surface area (TPSA) is 86.7 Å². The molecule has 2 aromatic carbocycles. The summed E-state index contributed by atoms with van der Waals surface area (Å²) in [5.41, 5.74) is 1.97. The molecule has 2 N–H and O–H groups in total. The molecule has 0 aliphatic carbocycles. The number of hydrogen-bond donors (Lipinski definition) is 2. The van der Waals surface area contributed by atoms with Crippen LogP contribution in [0.5, 0.6) is 0 Å². The summed E-state index contributed by atoms with van der Waals surface area (Å²) in [4.78, 5) is 37.3. The van der Waals surface area contributed by atoms with E-state index < -0.39 is 24.5 Å². The number of carboxylic acid groups (broad SMARTS) is 1. The third-order valence-electron chi connectivity index (χ3n) is 3.92. The number of hydrogen-bond acceptors (Lipinski definition) is 3. The number of nitrogens with zero attached hydrogens (tertiary/aromatic N) is 1. The van der Waals surface area contributed by atoms with E-state index >= 15 is 0 Å². The van der Waals surface area contributed by atoms with E-state index in [4.69, 9.17) is 5.11 Å². The Morgan fingerprint density at radius 3 is 2.42 bits per heavy atom. The van der Waals surface area contributed by atoms with Crippen molar-refractivity contribution in [1.82, 2.24) is 10.2 Å². The first-order chi connectivity index (χ1) is 11.6. The minimum Gasteiger partial charge on any atom is -0.480 e. The maximum atomic E-state index is 12.7. The van der Waals surface area contributed by atoms with Crippen LogP contribution >= 0.6 is 0 Å². The molecule has 0 saturated carbocycles. The first-order valence-corrected chi connectivity index (χ1v) is 7.51. The number of aliphatic carboxylic acids is 1. The summed E-state index contributed by atoms with van der Waals surface area (Å²) in [5, 5.41) is 11.1. The largest absolute Gasteiger partial charge is 0.480 e. The molecule has 1 atom stereocenters. The van der Waals surface area contributed by atoms with Gasteiger partial charge in [0.05, 0.1) is 0 Å². The second-order valence-electron chi connectivity index (χ2n) is 5.52. The molecular weight excluding hydrogens is 308 g/mol. The summed E-state index contributed by atoms with van der Waals surface area (Å²) < 4.78 is 0. The molecule has 1 aliphatic rings. The molecule has 0 saturated heterocycles. The van der Waals surface area contributed by atoms with Gasteiger partial charge in [-0.3, -0.25) is 14.4 Å². The van der Waals surface area contributed by atoms with E-state index in [2.05, 4.69) is 5.32 Å². The minimum atomic E-state index is -1.13. The van der Waals surface area contributed by atoms with Crippen molar-refractivity contribution in [3.63, 3.8) is 0 Å². The van der Waals surface area contributed by atoms with Gasteiger partial charge in [0.25, 0.3) is 5.91 Å². The molecule has 0 bridgehead atoms. The normalized spacial score (nSPS) is 15.9. The van der Waals surface area contributed by atoms with Crippen molar-refractivity contribution in [2.75, 3.05) is 6.54 Å². The number of carboxylic acids is 1. The lowest BCUT2D eigenvalue weighted by molar-refractivity contribution is -0.138. The van der Waals surface area contributed by atoms with E-state index in [1.807, 2.05) is 30.3 Å². The smallest absolute Gasteiger partial charge is 0.322 e. The summed E-state index contributed by atoms with van der Waals surface area (Å²) in [5.74, 6) is -1.85. The summed E-state index contributed by atoms with van der Waals surface area (Å²) in [6.07, 6.45) is 0. The zero-order valence-electron chi connectivity index (χ0n) is 12.8. The predicted octanol–water partition coefficient (Wildman–Crippen LogP) is 1.58. The van der Waals surface area contributed by atoms with Crippen LogP contribution in [0.2, 0.25) is 0 Å². The Morgan fingerprint density at radius 2 is 1.71 bits per heavy atom. The van der Waals surface area contributed by atoms with Gasteiger partial charge in [0.15, 0.2) is 0 Å². The van der Waals surface area contributed by atoms with Crippen LogP contribution in [0.4, 0.5) is 0 Å². The maximum absolute atomic E-state index is 12.7. The number of benzene rings is 2. The van der Waals surface area contributed by atoms with Crippen molar-refractivity contribution >= 4 is 17.8 Å². The third kappa shape index (κ3) is 2.99. The van der Waals surface area contributed by atoms with Gasteiger partial charge < -0.3 is 15.3 Å². The molecule has 24 heavy (non-hydrogen) atoms. The molecule has 0 fully saturated rings. The van der Waals surface area contributed by atoms with Crippen molar-refractivity contribution in [2.45, 2.75) is 12.6 Å². The molecule has 2 aromatic rings. The highest BCUT2D eigenvalue weighted by atomic mass is 16.4. The highest BCUT2D eigenvalue weighted by molar-refractivity contribution is 6.04. The van der Waals surface area contributed by atoms with Crippen LogP contribution in [0.15, 0.2) is 54.6 Å². The second kappa shape index (κ2) is 6.54. The fourth-order valence-electron chi connectivity index (χ4n) is 2.86. The quantitative estimate of drug-likeness (QED) is 0.874. The summed E-state index contributed by atoms with van der Waals surface area (Å²) in [6, 6.07) is 15.4. The average molecular weight is 324 g/mol. The minimum absolute atomic E-state index is 0.232. The lowest BCUT2D eigenvalue weighted by atomic mass is 10.0. The van der Waals surface area contributed by atoms with Crippen LogP contribution in [0.1, 0.15) is 27.5 Å². The number of nitrogens with one attached hydrogen (secondary N) is 1. The molecule has 2 amide bonds. The van der Waals surface area contributed by atoms with Gasteiger partial charge in [0, 0.05) is 12.1 Å². The first kappa shape index (κ1) is 15.7. The molecule has 0 spiro atoms. The van der Waals surface area contributed by atoms with Gasteiger partial charge in [-0.15, -0.1) is 0 Å². The molecule has 0 aromatic heterocycles. The molecule has 3 rings (SSSR count). The predicted molar refractivity (Wildman–Crippen MR) is 86.1 cm³/mol. The molecule has 1 aliphatic heterocycles. The summed E-state index contributed by atoms with van der Waals surface area (Å²) in [6.45, 7) is -0.204. The van der Waals surface area contributed by atoms with Crippen molar-refractivity contribution in [3.8, 4) is 0 Å². The lowest BCUT2D eigenvalue weighted by Gasteiger charge is -2.24. The maximum Gasteiger partial charge on any atom is 0.322 e. The Morgan fingerprint density at radius 1 is 1.04 bits per heavy atom. The Balaban J connectivity index is 1.92. The number of rotatable bonds is 5. The van der Waals surface area contributed by atoms with E-state index in [0.29, 0.717) is 11.1 Å².